The topological polar surface area (TPSA) is 63.6 Å². The van der Waals surface area contributed by atoms with Crippen molar-refractivity contribution in [2.24, 2.45) is 0 Å². The number of aromatic amines is 1. The number of fused-ring (bicyclic) bond motifs is 2. The maximum absolute atomic E-state index is 11.7. The highest BCUT2D eigenvalue weighted by molar-refractivity contribution is 6.31. The minimum Gasteiger partial charge on any atom is -0.328 e. The zero-order chi connectivity index (χ0) is 15.1. The predicted molar refractivity (Wildman–Crippen MR) is 86.2 cm³/mol. The van der Waals surface area contributed by atoms with Crippen molar-refractivity contribution in [2.45, 2.75) is 6.54 Å². The Bertz CT molecular complexity index is 1050. The second-order valence-corrected chi connectivity index (χ2v) is 5.53. The molecule has 0 amide bonds. The van der Waals surface area contributed by atoms with Crippen molar-refractivity contribution in [2.75, 3.05) is 0 Å². The van der Waals surface area contributed by atoms with E-state index in [1.807, 2.05) is 35.0 Å². The molecule has 0 atom stereocenters. The number of pyridine rings is 1. The Labute approximate surface area is 130 Å². The van der Waals surface area contributed by atoms with Gasteiger partial charge in [0.05, 0.1) is 22.3 Å². The molecule has 0 aliphatic carbocycles. The fraction of sp³-hybridized carbons (Fsp3) is 0.0625. The van der Waals surface area contributed by atoms with Crippen LogP contribution in [0.25, 0.3) is 21.9 Å². The van der Waals surface area contributed by atoms with Gasteiger partial charge in [-0.2, -0.15) is 0 Å². The Morgan fingerprint density at radius 1 is 1.18 bits per heavy atom. The van der Waals surface area contributed by atoms with E-state index in [2.05, 4.69) is 15.0 Å². The van der Waals surface area contributed by atoms with Gasteiger partial charge in [0, 0.05) is 24.3 Å². The smallest absolute Gasteiger partial charge is 0.260 e. The van der Waals surface area contributed by atoms with E-state index in [4.69, 9.17) is 11.6 Å². The largest absolute Gasteiger partial charge is 0.328 e. The SMILES string of the molecule is O=c1[nH]cnc2c1ccn2Cc1ccc2ncc(Cl)cc2c1. The summed E-state index contributed by atoms with van der Waals surface area (Å²) >= 11 is 5.99. The normalized spacial score (nSPS) is 11.3. The molecule has 5 nitrogen and oxygen atoms in total. The lowest BCUT2D eigenvalue weighted by Crippen LogP contribution is -2.07. The number of nitrogens with zero attached hydrogens (tertiary/aromatic N) is 3. The molecule has 0 spiro atoms. The van der Waals surface area contributed by atoms with Gasteiger partial charge >= 0.3 is 0 Å². The summed E-state index contributed by atoms with van der Waals surface area (Å²) in [4.78, 5) is 22.8. The maximum atomic E-state index is 11.7. The first kappa shape index (κ1) is 13.0. The molecule has 0 saturated heterocycles. The summed E-state index contributed by atoms with van der Waals surface area (Å²) in [6, 6.07) is 9.70. The molecular formula is C16H11ClN4O. The summed E-state index contributed by atoms with van der Waals surface area (Å²) in [5.74, 6) is 0. The molecule has 0 radical (unpaired) electrons. The van der Waals surface area contributed by atoms with Gasteiger partial charge in [-0.25, -0.2) is 4.98 Å². The molecule has 0 aliphatic rings. The molecule has 6 heteroatoms. The Balaban J connectivity index is 1.79. The van der Waals surface area contributed by atoms with Crippen molar-refractivity contribution in [3.05, 3.63) is 70.0 Å². The minimum atomic E-state index is -0.127. The van der Waals surface area contributed by atoms with Crippen LogP contribution in [0, 0.1) is 0 Å². The molecular weight excluding hydrogens is 300 g/mol. The first-order chi connectivity index (χ1) is 10.7. The summed E-state index contributed by atoms with van der Waals surface area (Å²) in [5.41, 5.74) is 2.54. The van der Waals surface area contributed by atoms with Crippen molar-refractivity contribution >= 4 is 33.5 Å². The van der Waals surface area contributed by atoms with Crippen LogP contribution in [0.2, 0.25) is 5.02 Å². The van der Waals surface area contributed by atoms with Gasteiger partial charge in [0.15, 0.2) is 0 Å². The molecule has 0 unspecified atom stereocenters. The molecule has 0 aliphatic heterocycles. The lowest BCUT2D eigenvalue weighted by Gasteiger charge is -2.06. The van der Waals surface area contributed by atoms with Crippen molar-refractivity contribution in [1.82, 2.24) is 19.5 Å². The van der Waals surface area contributed by atoms with Crippen molar-refractivity contribution in [3.63, 3.8) is 0 Å². The summed E-state index contributed by atoms with van der Waals surface area (Å²) in [7, 11) is 0. The quantitative estimate of drug-likeness (QED) is 0.619. The summed E-state index contributed by atoms with van der Waals surface area (Å²) in [5, 5.41) is 2.20. The van der Waals surface area contributed by atoms with Gasteiger partial charge in [-0.3, -0.25) is 9.78 Å². The van der Waals surface area contributed by atoms with Crippen molar-refractivity contribution < 1.29 is 0 Å². The highest BCUT2D eigenvalue weighted by atomic mass is 35.5. The highest BCUT2D eigenvalue weighted by Crippen LogP contribution is 2.19. The molecule has 22 heavy (non-hydrogen) atoms. The van der Waals surface area contributed by atoms with Crippen molar-refractivity contribution in [1.29, 1.82) is 0 Å². The highest BCUT2D eigenvalue weighted by Gasteiger charge is 2.06. The predicted octanol–water partition coefficient (Wildman–Crippen LogP) is 2.97. The average Bonchev–Trinajstić information content (AvgIpc) is 2.91. The molecule has 4 rings (SSSR count). The first-order valence-electron chi connectivity index (χ1n) is 6.77. The second-order valence-electron chi connectivity index (χ2n) is 5.09. The Morgan fingerprint density at radius 3 is 3.00 bits per heavy atom. The zero-order valence-electron chi connectivity index (χ0n) is 11.5. The van der Waals surface area contributed by atoms with E-state index in [9.17, 15) is 4.79 Å². The first-order valence-corrected chi connectivity index (χ1v) is 7.15. The zero-order valence-corrected chi connectivity index (χ0v) is 12.2. The number of halogens is 1. The molecule has 3 aromatic heterocycles. The molecule has 1 N–H and O–H groups in total. The van der Waals surface area contributed by atoms with Gasteiger partial charge < -0.3 is 9.55 Å². The maximum Gasteiger partial charge on any atom is 0.260 e. The van der Waals surface area contributed by atoms with Crippen LogP contribution in [-0.4, -0.2) is 19.5 Å². The van der Waals surface area contributed by atoms with E-state index >= 15 is 0 Å². The molecule has 4 aromatic rings. The van der Waals surface area contributed by atoms with Crippen LogP contribution in [0.1, 0.15) is 5.56 Å². The average molecular weight is 311 g/mol. The van der Waals surface area contributed by atoms with E-state index in [1.54, 1.807) is 12.3 Å². The van der Waals surface area contributed by atoms with Crippen LogP contribution < -0.4 is 5.56 Å². The molecule has 108 valence electrons. The minimum absolute atomic E-state index is 0.127. The molecule has 1 aromatic carbocycles. The third-order valence-corrected chi connectivity index (χ3v) is 3.83. The van der Waals surface area contributed by atoms with Crippen LogP contribution >= 0.6 is 11.6 Å². The number of nitrogens with one attached hydrogen (secondary N) is 1. The van der Waals surface area contributed by atoms with Gasteiger partial charge in [-0.1, -0.05) is 17.7 Å². The number of aromatic nitrogens is 4. The lowest BCUT2D eigenvalue weighted by molar-refractivity contribution is 0.824. The monoisotopic (exact) mass is 310 g/mol. The Kier molecular flexibility index (Phi) is 2.94. The number of hydrogen-bond acceptors (Lipinski definition) is 3. The summed E-state index contributed by atoms with van der Waals surface area (Å²) < 4.78 is 1.95. The number of hydrogen-bond donors (Lipinski definition) is 1. The van der Waals surface area contributed by atoms with Gasteiger partial charge in [-0.05, 0) is 29.8 Å². The van der Waals surface area contributed by atoms with E-state index in [1.165, 1.54) is 6.33 Å². The molecule has 0 saturated carbocycles. The third-order valence-electron chi connectivity index (χ3n) is 3.63. The van der Waals surface area contributed by atoms with E-state index < -0.39 is 0 Å². The van der Waals surface area contributed by atoms with Crippen LogP contribution in [0.5, 0.6) is 0 Å². The van der Waals surface area contributed by atoms with E-state index in [-0.39, 0.29) is 5.56 Å². The van der Waals surface area contributed by atoms with Crippen LogP contribution in [0.4, 0.5) is 0 Å². The standard InChI is InChI=1S/C16H11ClN4O/c17-12-6-11-5-10(1-2-14(11)18-7-12)8-21-4-3-13-15(21)19-9-20-16(13)22/h1-7,9H,8H2,(H,19,20,22). The number of benzene rings is 1. The van der Waals surface area contributed by atoms with Crippen molar-refractivity contribution in [3.8, 4) is 0 Å². The van der Waals surface area contributed by atoms with Crippen LogP contribution in [0.15, 0.2) is 53.8 Å². The van der Waals surface area contributed by atoms with Gasteiger partial charge in [0.25, 0.3) is 5.56 Å². The molecule has 0 bridgehead atoms. The lowest BCUT2D eigenvalue weighted by atomic mass is 10.1. The second kappa shape index (κ2) is 4.96. The Hall–Kier alpha value is -2.66. The fourth-order valence-electron chi connectivity index (χ4n) is 2.59. The summed E-state index contributed by atoms with van der Waals surface area (Å²) in [6.07, 6.45) is 4.93. The third kappa shape index (κ3) is 2.16. The molecule has 0 fully saturated rings. The Morgan fingerprint density at radius 2 is 2.09 bits per heavy atom. The van der Waals surface area contributed by atoms with E-state index in [0.29, 0.717) is 22.6 Å². The van der Waals surface area contributed by atoms with Gasteiger partial charge in [-0.15, -0.1) is 0 Å². The number of H-pyrrole nitrogens is 1. The van der Waals surface area contributed by atoms with Gasteiger partial charge in [0.2, 0.25) is 0 Å². The fourth-order valence-corrected chi connectivity index (χ4v) is 2.76. The molecule has 3 heterocycles. The van der Waals surface area contributed by atoms with Crippen LogP contribution in [-0.2, 0) is 6.54 Å². The van der Waals surface area contributed by atoms with Gasteiger partial charge in [0.1, 0.15) is 5.65 Å². The summed E-state index contributed by atoms with van der Waals surface area (Å²) in [6.45, 7) is 0.627. The van der Waals surface area contributed by atoms with Crippen LogP contribution in [0.3, 0.4) is 0 Å². The number of rotatable bonds is 2. The van der Waals surface area contributed by atoms with E-state index in [0.717, 1.165) is 16.5 Å².